The van der Waals surface area contributed by atoms with Crippen LogP contribution in [0.15, 0.2) is 60.7 Å². The molecule has 0 unspecified atom stereocenters. The van der Waals surface area contributed by atoms with Crippen LogP contribution in [0.1, 0.15) is 40.1 Å². The van der Waals surface area contributed by atoms with E-state index in [1.54, 1.807) is 49.4 Å². The highest BCUT2D eigenvalue weighted by Gasteiger charge is 2.16. The van der Waals surface area contributed by atoms with Crippen LogP contribution in [0.3, 0.4) is 0 Å². The van der Waals surface area contributed by atoms with Gasteiger partial charge in [0.1, 0.15) is 17.3 Å². The highest BCUT2D eigenvalue weighted by atomic mass is 19.1. The minimum absolute atomic E-state index is 0.0754. The highest BCUT2D eigenvalue weighted by Crippen LogP contribution is 2.31. The van der Waals surface area contributed by atoms with E-state index in [4.69, 9.17) is 9.47 Å². The fourth-order valence-electron chi connectivity index (χ4n) is 3.02. The predicted molar refractivity (Wildman–Crippen MR) is 122 cm³/mol. The molecule has 0 saturated heterocycles. The largest absolute Gasteiger partial charge is 0.497 e. The van der Waals surface area contributed by atoms with Crippen molar-refractivity contribution < 1.29 is 23.5 Å². The summed E-state index contributed by atoms with van der Waals surface area (Å²) in [4.78, 5) is 25.4. The first kappa shape index (κ1) is 22.8. The Kier molecular flexibility index (Phi) is 7.10. The van der Waals surface area contributed by atoms with Crippen LogP contribution in [0.4, 0.5) is 15.8 Å². The molecule has 0 heterocycles. The zero-order chi connectivity index (χ0) is 23.3. The minimum atomic E-state index is -0.618. The number of amides is 2. The van der Waals surface area contributed by atoms with Gasteiger partial charge >= 0.3 is 0 Å². The first-order chi connectivity index (χ1) is 15.3. The fraction of sp³-hybridized carbons (Fsp3) is 0.200. The lowest BCUT2D eigenvalue weighted by Gasteiger charge is -2.16. The van der Waals surface area contributed by atoms with Crippen molar-refractivity contribution in [1.29, 1.82) is 0 Å². The Balaban J connectivity index is 1.84. The third-order valence-electron chi connectivity index (χ3n) is 4.66. The van der Waals surface area contributed by atoms with Gasteiger partial charge in [0.25, 0.3) is 11.8 Å². The molecule has 0 radical (unpaired) electrons. The normalized spacial score (nSPS) is 10.6. The molecular formula is C25H25FN2O4. The average molecular weight is 436 g/mol. The average Bonchev–Trinajstić information content (AvgIpc) is 2.76. The molecule has 32 heavy (non-hydrogen) atoms. The van der Waals surface area contributed by atoms with E-state index in [2.05, 4.69) is 10.6 Å². The van der Waals surface area contributed by atoms with E-state index >= 15 is 0 Å². The number of methoxy groups -OCH3 is 1. The number of nitrogens with one attached hydrogen (secondary N) is 2. The molecule has 0 aromatic heterocycles. The number of halogens is 1. The smallest absolute Gasteiger partial charge is 0.258 e. The van der Waals surface area contributed by atoms with Crippen molar-refractivity contribution in [2.75, 3.05) is 17.7 Å². The van der Waals surface area contributed by atoms with Crippen LogP contribution >= 0.6 is 0 Å². The molecule has 0 aliphatic heterocycles. The van der Waals surface area contributed by atoms with E-state index < -0.39 is 17.6 Å². The van der Waals surface area contributed by atoms with Crippen LogP contribution in [0.2, 0.25) is 0 Å². The van der Waals surface area contributed by atoms with E-state index in [0.717, 1.165) is 5.56 Å². The lowest BCUT2D eigenvalue weighted by atomic mass is 10.1. The van der Waals surface area contributed by atoms with E-state index in [-0.39, 0.29) is 11.7 Å². The van der Waals surface area contributed by atoms with Crippen molar-refractivity contribution in [3.8, 4) is 11.5 Å². The Morgan fingerprint density at radius 2 is 1.62 bits per heavy atom. The van der Waals surface area contributed by atoms with Gasteiger partial charge in [-0.2, -0.15) is 0 Å². The molecule has 6 nitrogen and oxygen atoms in total. The van der Waals surface area contributed by atoms with Crippen molar-refractivity contribution in [2.24, 2.45) is 0 Å². The van der Waals surface area contributed by atoms with E-state index in [9.17, 15) is 14.0 Å². The Hall–Kier alpha value is -3.87. The maximum Gasteiger partial charge on any atom is 0.258 e. The zero-order valence-corrected chi connectivity index (χ0v) is 18.4. The molecule has 166 valence electrons. The van der Waals surface area contributed by atoms with E-state index in [1.165, 1.54) is 25.3 Å². The third kappa shape index (κ3) is 5.43. The quantitative estimate of drug-likeness (QED) is 0.517. The summed E-state index contributed by atoms with van der Waals surface area (Å²) < 4.78 is 25.0. The molecule has 0 bridgehead atoms. The second-order valence-corrected chi connectivity index (χ2v) is 7.45. The number of ether oxygens (including phenoxy) is 2. The molecule has 0 atom stereocenters. The second kappa shape index (κ2) is 9.96. The van der Waals surface area contributed by atoms with Crippen LogP contribution < -0.4 is 20.1 Å². The summed E-state index contributed by atoms with van der Waals surface area (Å²) in [5.41, 5.74) is 1.85. The monoisotopic (exact) mass is 436 g/mol. The van der Waals surface area contributed by atoms with Crippen LogP contribution in [-0.4, -0.2) is 25.0 Å². The molecule has 2 N–H and O–H groups in total. The maximum absolute atomic E-state index is 13.9. The summed E-state index contributed by atoms with van der Waals surface area (Å²) in [5.74, 6) is -0.530. The number of rotatable bonds is 7. The van der Waals surface area contributed by atoms with E-state index in [0.29, 0.717) is 28.4 Å². The third-order valence-corrected chi connectivity index (χ3v) is 4.66. The van der Waals surface area contributed by atoms with Gasteiger partial charge < -0.3 is 20.1 Å². The number of carbonyl (C=O) groups is 2. The van der Waals surface area contributed by atoms with Gasteiger partial charge in [-0.05, 0) is 62.7 Å². The summed E-state index contributed by atoms with van der Waals surface area (Å²) in [6.45, 7) is 5.57. The van der Waals surface area contributed by atoms with Gasteiger partial charge in [0.15, 0.2) is 0 Å². The number of hydrogen-bond donors (Lipinski definition) is 2. The van der Waals surface area contributed by atoms with Crippen LogP contribution in [0.25, 0.3) is 0 Å². The maximum atomic E-state index is 13.9. The molecule has 3 aromatic carbocycles. The van der Waals surface area contributed by atoms with Gasteiger partial charge in [-0.3, -0.25) is 9.59 Å². The topological polar surface area (TPSA) is 76.7 Å². The minimum Gasteiger partial charge on any atom is -0.497 e. The van der Waals surface area contributed by atoms with Gasteiger partial charge in [0.2, 0.25) is 0 Å². The molecule has 7 heteroatoms. The Morgan fingerprint density at radius 3 is 2.31 bits per heavy atom. The SMILES string of the molecule is COc1ccc(OC(C)C)c(NC(=O)c2ccc(C)c(NC(=O)c3ccccc3F)c2)c1. The summed E-state index contributed by atoms with van der Waals surface area (Å²) in [6.07, 6.45) is -0.0846. The van der Waals surface area contributed by atoms with Crippen LogP contribution in [-0.2, 0) is 0 Å². The lowest BCUT2D eigenvalue weighted by molar-refractivity contribution is 0.101. The van der Waals surface area contributed by atoms with Gasteiger partial charge in [-0.15, -0.1) is 0 Å². The van der Waals surface area contributed by atoms with Crippen molar-refractivity contribution in [2.45, 2.75) is 26.9 Å². The number of benzene rings is 3. The van der Waals surface area contributed by atoms with Gasteiger partial charge in [0.05, 0.1) is 24.5 Å². The first-order valence-corrected chi connectivity index (χ1v) is 10.1. The summed E-state index contributed by atoms with van der Waals surface area (Å²) in [6, 6.07) is 15.8. The highest BCUT2D eigenvalue weighted by molar-refractivity contribution is 6.08. The standard InChI is InChI=1S/C25H25FN2O4/c1-15(2)32-23-12-11-18(31-4)14-22(23)28-24(29)17-10-9-16(3)21(13-17)27-25(30)19-7-5-6-8-20(19)26/h5-15H,1-4H3,(H,27,30)(H,28,29). The number of carbonyl (C=O) groups excluding carboxylic acids is 2. The van der Waals surface area contributed by atoms with Crippen LogP contribution in [0.5, 0.6) is 11.5 Å². The summed E-state index contributed by atoms with van der Waals surface area (Å²) in [7, 11) is 1.54. The number of aryl methyl sites for hydroxylation is 1. The molecule has 0 saturated carbocycles. The second-order valence-electron chi connectivity index (χ2n) is 7.45. The molecule has 3 rings (SSSR count). The Morgan fingerprint density at radius 1 is 0.906 bits per heavy atom. The molecular weight excluding hydrogens is 411 g/mol. The molecule has 0 aliphatic rings. The summed E-state index contributed by atoms with van der Waals surface area (Å²) >= 11 is 0. The number of anilines is 2. The molecule has 2 amide bonds. The zero-order valence-electron chi connectivity index (χ0n) is 18.4. The van der Waals surface area contributed by atoms with Crippen LogP contribution in [0, 0.1) is 12.7 Å². The van der Waals surface area contributed by atoms with E-state index in [1.807, 2.05) is 13.8 Å². The van der Waals surface area contributed by atoms with Crippen molar-refractivity contribution in [3.05, 3.63) is 83.2 Å². The van der Waals surface area contributed by atoms with Crippen molar-refractivity contribution in [1.82, 2.24) is 0 Å². The summed E-state index contributed by atoms with van der Waals surface area (Å²) in [5, 5.41) is 5.51. The fourth-order valence-corrected chi connectivity index (χ4v) is 3.02. The van der Waals surface area contributed by atoms with Gasteiger partial charge in [-0.25, -0.2) is 4.39 Å². The molecule has 3 aromatic rings. The Labute approximate surface area is 186 Å². The number of hydrogen-bond acceptors (Lipinski definition) is 4. The Bertz CT molecular complexity index is 1140. The first-order valence-electron chi connectivity index (χ1n) is 10.1. The molecule has 0 fully saturated rings. The molecule has 0 aliphatic carbocycles. The van der Waals surface area contributed by atoms with Crippen molar-refractivity contribution >= 4 is 23.2 Å². The van der Waals surface area contributed by atoms with Gasteiger partial charge in [-0.1, -0.05) is 18.2 Å². The molecule has 0 spiro atoms. The lowest BCUT2D eigenvalue weighted by Crippen LogP contribution is -2.17. The van der Waals surface area contributed by atoms with Gasteiger partial charge in [0, 0.05) is 17.3 Å². The van der Waals surface area contributed by atoms with Crippen molar-refractivity contribution in [3.63, 3.8) is 0 Å². The predicted octanol–water partition coefficient (Wildman–Crippen LogP) is 5.43.